The van der Waals surface area contributed by atoms with Gasteiger partial charge in [0.1, 0.15) is 0 Å². The zero-order chi connectivity index (χ0) is 21.4. The molecule has 4 aromatic carbocycles. The fraction of sp³-hybridized carbons (Fsp3) is 0.0385. The van der Waals surface area contributed by atoms with Crippen LogP contribution in [-0.4, -0.2) is 10.9 Å². The maximum Gasteiger partial charge on any atom is 0.347 e. The van der Waals surface area contributed by atoms with Crippen molar-refractivity contribution in [3.05, 3.63) is 106 Å². The molecule has 31 heavy (non-hydrogen) atoms. The molecule has 5 heteroatoms. The maximum atomic E-state index is 13.0. The minimum absolute atomic E-state index is 0.164. The Kier molecular flexibility index (Phi) is 4.56. The molecular formula is C26H18N2O3. The third-order valence-corrected chi connectivity index (χ3v) is 5.20. The van der Waals surface area contributed by atoms with Crippen molar-refractivity contribution in [1.82, 2.24) is 4.98 Å². The third kappa shape index (κ3) is 3.57. The molecule has 1 N–H and O–H groups in total. The molecule has 150 valence electrons. The number of hydrogen-bond donors (Lipinski definition) is 1. The number of nitrogens with zero attached hydrogens (tertiary/aromatic N) is 1. The van der Waals surface area contributed by atoms with Gasteiger partial charge in [-0.3, -0.25) is 4.79 Å². The molecule has 5 aromatic rings. The second kappa shape index (κ2) is 7.54. The van der Waals surface area contributed by atoms with E-state index >= 15 is 0 Å². The largest absolute Gasteiger partial charge is 0.403 e. The summed E-state index contributed by atoms with van der Waals surface area (Å²) in [7, 11) is 0. The van der Waals surface area contributed by atoms with Crippen LogP contribution in [0.2, 0.25) is 0 Å². The van der Waals surface area contributed by atoms with Gasteiger partial charge in [-0.15, -0.1) is 0 Å². The van der Waals surface area contributed by atoms with Gasteiger partial charge in [0.05, 0.1) is 22.2 Å². The predicted molar refractivity (Wildman–Crippen MR) is 122 cm³/mol. The number of para-hydroxylation sites is 1. The van der Waals surface area contributed by atoms with Gasteiger partial charge in [0.25, 0.3) is 5.91 Å². The molecule has 0 spiro atoms. The summed E-state index contributed by atoms with van der Waals surface area (Å²) in [6, 6.07) is 26.0. The Hall–Kier alpha value is -4.25. The zero-order valence-corrected chi connectivity index (χ0v) is 16.8. The Morgan fingerprint density at radius 3 is 2.52 bits per heavy atom. The fourth-order valence-electron chi connectivity index (χ4n) is 3.61. The number of aromatic nitrogens is 1. The average Bonchev–Trinajstić information content (AvgIpc) is 2.79. The first-order valence-electron chi connectivity index (χ1n) is 9.89. The molecule has 1 heterocycles. The minimum atomic E-state index is -0.465. The van der Waals surface area contributed by atoms with Crippen LogP contribution in [0, 0.1) is 6.92 Å². The van der Waals surface area contributed by atoms with Crippen molar-refractivity contribution < 1.29 is 9.21 Å². The van der Waals surface area contributed by atoms with E-state index in [-0.39, 0.29) is 11.8 Å². The number of carbonyl (C=O) groups excluding carboxylic acids is 1. The van der Waals surface area contributed by atoms with Crippen molar-refractivity contribution in [2.24, 2.45) is 0 Å². The summed E-state index contributed by atoms with van der Waals surface area (Å²) < 4.78 is 5.48. The smallest absolute Gasteiger partial charge is 0.347 e. The predicted octanol–water partition coefficient (Wildman–Crippen LogP) is 5.57. The summed E-state index contributed by atoms with van der Waals surface area (Å²) in [6.45, 7) is 1.93. The molecule has 1 aromatic heterocycles. The minimum Gasteiger partial charge on any atom is -0.403 e. The van der Waals surface area contributed by atoms with Gasteiger partial charge < -0.3 is 9.73 Å². The van der Waals surface area contributed by atoms with Crippen LogP contribution in [0.4, 0.5) is 5.69 Å². The van der Waals surface area contributed by atoms with Gasteiger partial charge in [-0.1, -0.05) is 48.5 Å². The number of anilines is 1. The molecule has 0 aliphatic rings. The van der Waals surface area contributed by atoms with E-state index in [2.05, 4.69) is 10.3 Å². The van der Waals surface area contributed by atoms with Crippen LogP contribution >= 0.6 is 0 Å². The van der Waals surface area contributed by atoms with Gasteiger partial charge in [0.2, 0.25) is 5.89 Å². The molecule has 0 radical (unpaired) electrons. The summed E-state index contributed by atoms with van der Waals surface area (Å²) >= 11 is 0. The van der Waals surface area contributed by atoms with E-state index in [1.165, 1.54) is 0 Å². The first-order chi connectivity index (χ1) is 15.1. The summed E-state index contributed by atoms with van der Waals surface area (Å²) in [5.74, 6) is -0.0850. The Morgan fingerprint density at radius 1 is 0.871 bits per heavy atom. The number of hydrogen-bond acceptors (Lipinski definition) is 4. The molecule has 0 saturated carbocycles. The number of nitrogens with one attached hydrogen (secondary N) is 1. The first-order valence-corrected chi connectivity index (χ1v) is 9.89. The first kappa shape index (κ1) is 18.8. The van der Waals surface area contributed by atoms with Crippen LogP contribution in [0.15, 0.2) is 94.1 Å². The van der Waals surface area contributed by atoms with E-state index < -0.39 is 5.63 Å². The average molecular weight is 406 g/mol. The van der Waals surface area contributed by atoms with E-state index in [9.17, 15) is 9.59 Å². The lowest BCUT2D eigenvalue weighted by Crippen LogP contribution is -2.13. The quantitative estimate of drug-likeness (QED) is 0.425. The topological polar surface area (TPSA) is 72.2 Å². The maximum absolute atomic E-state index is 13.0. The molecule has 0 saturated heterocycles. The van der Waals surface area contributed by atoms with E-state index in [1.54, 1.807) is 30.3 Å². The van der Waals surface area contributed by atoms with Crippen LogP contribution < -0.4 is 10.9 Å². The molecule has 0 atom stereocenters. The molecule has 0 aliphatic carbocycles. The molecule has 0 fully saturated rings. The lowest BCUT2D eigenvalue weighted by atomic mass is 10.1. The van der Waals surface area contributed by atoms with Crippen molar-refractivity contribution in [3.63, 3.8) is 0 Å². The number of fused-ring (bicyclic) bond motifs is 2. The number of rotatable bonds is 3. The molecule has 5 nitrogen and oxygen atoms in total. The highest BCUT2D eigenvalue weighted by molar-refractivity contribution is 6.08. The fourth-order valence-corrected chi connectivity index (χ4v) is 3.61. The van der Waals surface area contributed by atoms with Gasteiger partial charge in [0.15, 0.2) is 0 Å². The van der Waals surface area contributed by atoms with Crippen molar-refractivity contribution in [2.75, 3.05) is 5.32 Å². The summed E-state index contributed by atoms with van der Waals surface area (Å²) in [4.78, 5) is 29.9. The van der Waals surface area contributed by atoms with Crippen LogP contribution in [0.5, 0.6) is 0 Å². The molecule has 0 aliphatic heterocycles. The van der Waals surface area contributed by atoms with Crippen molar-refractivity contribution in [2.45, 2.75) is 6.92 Å². The summed E-state index contributed by atoms with van der Waals surface area (Å²) in [6.07, 6.45) is 0. The SMILES string of the molecule is Cc1ccc(-c2nc3ccccc3c(=O)o2)c(NC(=O)c2ccc3ccccc3c2)c1. The summed E-state index contributed by atoms with van der Waals surface area (Å²) in [5, 5.41) is 5.43. The molecule has 5 rings (SSSR count). The van der Waals surface area contributed by atoms with Crippen molar-refractivity contribution >= 4 is 33.3 Å². The molecule has 1 amide bonds. The van der Waals surface area contributed by atoms with E-state index in [4.69, 9.17) is 4.42 Å². The lowest BCUT2D eigenvalue weighted by molar-refractivity contribution is 0.102. The van der Waals surface area contributed by atoms with E-state index in [0.29, 0.717) is 27.7 Å². The van der Waals surface area contributed by atoms with Crippen LogP contribution in [0.1, 0.15) is 15.9 Å². The highest BCUT2D eigenvalue weighted by Crippen LogP contribution is 2.29. The van der Waals surface area contributed by atoms with Crippen LogP contribution in [-0.2, 0) is 0 Å². The highest BCUT2D eigenvalue weighted by Gasteiger charge is 2.15. The normalized spacial score (nSPS) is 11.0. The van der Waals surface area contributed by atoms with Crippen molar-refractivity contribution in [1.29, 1.82) is 0 Å². The van der Waals surface area contributed by atoms with Gasteiger partial charge in [-0.05, 0) is 59.7 Å². The van der Waals surface area contributed by atoms with Gasteiger partial charge in [0, 0.05) is 5.56 Å². The van der Waals surface area contributed by atoms with Gasteiger partial charge >= 0.3 is 5.63 Å². The second-order valence-corrected chi connectivity index (χ2v) is 7.39. The second-order valence-electron chi connectivity index (χ2n) is 7.39. The standard InChI is InChI=1S/C26H18N2O3/c1-16-10-13-20(25-28-22-9-5-4-8-21(22)26(30)31-25)23(14-16)27-24(29)19-12-11-17-6-2-3-7-18(17)15-19/h2-15H,1H3,(H,27,29). The van der Waals surface area contributed by atoms with Gasteiger partial charge in [-0.25, -0.2) is 9.78 Å². The molecular weight excluding hydrogens is 388 g/mol. The monoisotopic (exact) mass is 406 g/mol. The van der Waals surface area contributed by atoms with E-state index in [1.807, 2.05) is 61.5 Å². The summed E-state index contributed by atoms with van der Waals surface area (Å²) in [5.41, 5.74) is 2.65. The Bertz CT molecular complexity index is 1520. The molecule has 0 unspecified atom stereocenters. The third-order valence-electron chi connectivity index (χ3n) is 5.20. The van der Waals surface area contributed by atoms with Crippen LogP contribution in [0.25, 0.3) is 33.1 Å². The lowest BCUT2D eigenvalue weighted by Gasteiger charge is -2.12. The van der Waals surface area contributed by atoms with Crippen molar-refractivity contribution in [3.8, 4) is 11.5 Å². The number of carbonyl (C=O) groups is 1. The Labute approximate surface area is 178 Å². The number of amides is 1. The number of benzene rings is 4. The Morgan fingerprint density at radius 2 is 1.65 bits per heavy atom. The molecule has 0 bridgehead atoms. The Balaban J connectivity index is 1.56. The number of aryl methyl sites for hydroxylation is 1. The highest BCUT2D eigenvalue weighted by atomic mass is 16.4. The zero-order valence-electron chi connectivity index (χ0n) is 16.8. The van der Waals surface area contributed by atoms with Gasteiger partial charge in [-0.2, -0.15) is 0 Å². The van der Waals surface area contributed by atoms with Crippen LogP contribution in [0.3, 0.4) is 0 Å². The van der Waals surface area contributed by atoms with E-state index in [0.717, 1.165) is 16.3 Å².